The number of carboxylic acid groups (broad SMARTS) is 1. The molecule has 1 aliphatic heterocycles. The molecule has 1 aliphatic rings. The van der Waals surface area contributed by atoms with E-state index in [0.29, 0.717) is 0 Å². The Hall–Kier alpha value is -3.23. The van der Waals surface area contributed by atoms with E-state index in [0.717, 1.165) is 24.1 Å². The van der Waals surface area contributed by atoms with Crippen LogP contribution in [0.5, 0.6) is 11.5 Å². The highest BCUT2D eigenvalue weighted by Gasteiger charge is 2.51. The highest BCUT2D eigenvalue weighted by Crippen LogP contribution is 2.35. The quantitative estimate of drug-likeness (QED) is 0.0903. The second-order valence-corrected chi connectivity index (χ2v) is 9.33. The predicted molar refractivity (Wildman–Crippen MR) is 118 cm³/mol. The first-order valence-corrected chi connectivity index (χ1v) is 11.2. The normalized spacial score (nSPS) is 19.1. The van der Waals surface area contributed by atoms with Gasteiger partial charge in [0.15, 0.2) is 17.5 Å². The second kappa shape index (κ2) is 10.8. The minimum Gasteiger partial charge on any atom is -0.772 e. The largest absolute Gasteiger partial charge is 0.772 e. The van der Waals surface area contributed by atoms with E-state index >= 15 is 0 Å². The van der Waals surface area contributed by atoms with Crippen molar-refractivity contribution in [3.63, 3.8) is 0 Å². The van der Waals surface area contributed by atoms with Crippen LogP contribution in [0.1, 0.15) is 37.0 Å². The van der Waals surface area contributed by atoms with Crippen molar-refractivity contribution in [2.45, 2.75) is 43.5 Å². The van der Waals surface area contributed by atoms with Crippen LogP contribution < -0.4 is 10.7 Å². The second-order valence-electron chi connectivity index (χ2n) is 7.61. The number of phenols is 2. The molecular weight excluding hydrogens is 496 g/mol. The van der Waals surface area contributed by atoms with Crippen LogP contribution in [0.3, 0.4) is 0 Å². The van der Waals surface area contributed by atoms with Gasteiger partial charge in [0.05, 0.1) is 15.3 Å². The van der Waals surface area contributed by atoms with Crippen molar-refractivity contribution in [2.24, 2.45) is 5.10 Å². The molecule has 0 aromatic heterocycles. The van der Waals surface area contributed by atoms with Crippen LogP contribution in [-0.4, -0.2) is 82.3 Å². The molecule has 1 heterocycles. The number of likely N-dealkylation sites (tertiary alicyclic amines) is 1. The van der Waals surface area contributed by atoms with Crippen LogP contribution in [0, 0.1) is 0 Å². The van der Waals surface area contributed by atoms with Gasteiger partial charge in [-0.2, -0.15) is 5.10 Å². The first-order chi connectivity index (χ1) is 15.8. The summed E-state index contributed by atoms with van der Waals surface area (Å²) in [4.78, 5) is 48.6. The van der Waals surface area contributed by atoms with Gasteiger partial charge in [0.2, 0.25) is 11.8 Å². The van der Waals surface area contributed by atoms with Crippen molar-refractivity contribution in [3.8, 4) is 11.5 Å². The number of hydrazone groups is 1. The van der Waals surface area contributed by atoms with Crippen molar-refractivity contribution < 1.29 is 43.3 Å². The number of hydrogen-bond donors (Lipinski definition) is 5. The summed E-state index contributed by atoms with van der Waals surface area (Å²) in [7, 11) is 0. The molecule has 3 amide bonds. The molecule has 1 unspecified atom stereocenters. The molecule has 0 radical (unpaired) electrons. The summed E-state index contributed by atoms with van der Waals surface area (Å²) in [5.41, 5.74) is 1.90. The third-order valence-corrected chi connectivity index (χ3v) is 6.56. The number of carbonyl (C=O) groups is 4. The molecule has 15 heteroatoms. The average Bonchev–Trinajstić information content (AvgIpc) is 2.75. The fourth-order valence-electron chi connectivity index (χ4n) is 3.24. The van der Waals surface area contributed by atoms with E-state index in [1.54, 1.807) is 6.92 Å². The Morgan fingerprint density at radius 3 is 2.59 bits per heavy atom. The fraction of sp³-hybridized carbons (Fsp3) is 0.421. The number of amides is 3. The summed E-state index contributed by atoms with van der Waals surface area (Å²) in [6, 6.07) is -0.00249. The third-order valence-electron chi connectivity index (χ3n) is 5.13. The molecule has 2 rings (SSSR count). The zero-order valence-corrected chi connectivity index (χ0v) is 19.6. The van der Waals surface area contributed by atoms with E-state index in [1.807, 2.05) is 5.43 Å². The van der Waals surface area contributed by atoms with Crippen LogP contribution in [0.4, 0.5) is 0 Å². The number of benzene rings is 1. The van der Waals surface area contributed by atoms with E-state index in [4.69, 9.17) is 11.6 Å². The van der Waals surface area contributed by atoms with Crippen molar-refractivity contribution in [1.82, 2.24) is 15.6 Å². The number of phenolic OH excluding ortho intramolecular Hbond substituents is 2. The Labute approximate surface area is 201 Å². The molecule has 1 fully saturated rings. The SMILES string of the molecule is C[C@@H]1CC(=O)N1[C@@H](C(=O)O)[C@](C)(/C=N/NC(=O)CCNC(=O)c1ccc(O)c(O)c1Cl)S(=O)[O-]. The van der Waals surface area contributed by atoms with Gasteiger partial charge in [0.1, 0.15) is 0 Å². The van der Waals surface area contributed by atoms with E-state index in [2.05, 4.69) is 10.4 Å². The first-order valence-electron chi connectivity index (χ1n) is 9.76. The van der Waals surface area contributed by atoms with Crippen LogP contribution in [-0.2, 0) is 25.5 Å². The minimum atomic E-state index is -3.02. The summed E-state index contributed by atoms with van der Waals surface area (Å²) < 4.78 is 21.6. The van der Waals surface area contributed by atoms with E-state index in [-0.39, 0.29) is 30.0 Å². The summed E-state index contributed by atoms with van der Waals surface area (Å²) >= 11 is 2.76. The Kier molecular flexibility index (Phi) is 8.58. The number of β-lactam (4-membered cyclic amide) rings is 1. The number of carbonyl (C=O) groups excluding carboxylic acids is 3. The molecule has 1 saturated heterocycles. The third kappa shape index (κ3) is 5.63. The fourth-order valence-corrected chi connectivity index (χ4v) is 4.02. The number of halogens is 1. The lowest BCUT2D eigenvalue weighted by Crippen LogP contribution is -2.67. The lowest BCUT2D eigenvalue weighted by Gasteiger charge is -2.48. The number of aliphatic carboxylic acids is 1. The minimum absolute atomic E-state index is 0.0833. The average molecular weight is 518 g/mol. The summed E-state index contributed by atoms with van der Waals surface area (Å²) in [5, 5.41) is 34.0. The van der Waals surface area contributed by atoms with Crippen molar-refractivity contribution in [3.05, 3.63) is 22.7 Å². The first kappa shape index (κ1) is 27.0. The highest BCUT2D eigenvalue weighted by molar-refractivity contribution is 7.81. The van der Waals surface area contributed by atoms with Gasteiger partial charge in [0, 0.05) is 31.6 Å². The van der Waals surface area contributed by atoms with E-state index in [9.17, 15) is 43.3 Å². The number of aromatic hydroxyl groups is 2. The maximum atomic E-state index is 12.1. The Bertz CT molecular complexity index is 1070. The molecule has 1 aromatic rings. The molecular formula is C19H22ClN4O9S-. The summed E-state index contributed by atoms with van der Waals surface area (Å²) in [6.07, 6.45) is 0.508. The maximum Gasteiger partial charge on any atom is 0.328 e. The van der Waals surface area contributed by atoms with Gasteiger partial charge in [0.25, 0.3) is 5.91 Å². The standard InChI is InChI=1S/C19H23ClN4O9S/c1-9-7-13(27)24(9)16(18(30)31)19(2,34(32)33)8-22-23-12(26)5-6-21-17(29)10-3-4-11(25)15(28)14(10)20/h3-4,8-9,16,25,28H,5-7H2,1-2H3,(H,21,29)(H,23,26)(H,30,31)(H,32,33)/p-1/b22-8+/t9-,16+,19+/m1/s1. The molecule has 0 spiro atoms. The monoisotopic (exact) mass is 517 g/mol. The highest BCUT2D eigenvalue weighted by atomic mass is 35.5. The van der Waals surface area contributed by atoms with Crippen LogP contribution in [0.25, 0.3) is 0 Å². The van der Waals surface area contributed by atoms with Gasteiger partial charge >= 0.3 is 5.97 Å². The molecule has 4 atom stereocenters. The Balaban J connectivity index is 1.98. The summed E-state index contributed by atoms with van der Waals surface area (Å²) in [6.45, 7) is 2.44. The molecule has 0 saturated carbocycles. The van der Waals surface area contributed by atoms with E-state index in [1.165, 1.54) is 6.07 Å². The van der Waals surface area contributed by atoms with Gasteiger partial charge in [-0.3, -0.25) is 18.6 Å². The van der Waals surface area contributed by atoms with Crippen molar-refractivity contribution in [2.75, 3.05) is 6.54 Å². The Morgan fingerprint density at radius 2 is 2.06 bits per heavy atom. The van der Waals surface area contributed by atoms with Gasteiger partial charge < -0.3 is 30.1 Å². The number of carboxylic acids is 1. The van der Waals surface area contributed by atoms with Crippen molar-refractivity contribution in [1.29, 1.82) is 0 Å². The number of nitrogens with zero attached hydrogens (tertiary/aromatic N) is 2. The predicted octanol–water partition coefficient (Wildman–Crippen LogP) is -0.315. The van der Waals surface area contributed by atoms with Gasteiger partial charge in [-0.1, -0.05) is 11.6 Å². The molecule has 13 nitrogen and oxygen atoms in total. The van der Waals surface area contributed by atoms with E-state index < -0.39 is 63.1 Å². The van der Waals surface area contributed by atoms with Gasteiger partial charge in [-0.25, -0.2) is 10.2 Å². The molecule has 186 valence electrons. The lowest BCUT2D eigenvalue weighted by atomic mass is 9.92. The van der Waals surface area contributed by atoms with Crippen LogP contribution in [0.15, 0.2) is 17.2 Å². The van der Waals surface area contributed by atoms with Gasteiger partial charge in [-0.05, 0) is 37.1 Å². The Morgan fingerprint density at radius 1 is 1.41 bits per heavy atom. The number of hydrogen-bond acceptors (Lipinski definition) is 9. The smallest absolute Gasteiger partial charge is 0.328 e. The zero-order valence-electron chi connectivity index (χ0n) is 18.0. The van der Waals surface area contributed by atoms with Gasteiger partial charge in [-0.15, -0.1) is 0 Å². The summed E-state index contributed by atoms with van der Waals surface area (Å²) in [5.74, 6) is -4.73. The molecule has 0 aliphatic carbocycles. The lowest BCUT2D eigenvalue weighted by molar-refractivity contribution is -0.161. The maximum absolute atomic E-state index is 12.1. The molecule has 1 aromatic carbocycles. The number of nitrogens with one attached hydrogen (secondary N) is 2. The molecule has 0 bridgehead atoms. The number of rotatable bonds is 10. The van der Waals surface area contributed by atoms with Crippen LogP contribution >= 0.6 is 11.6 Å². The molecule has 5 N–H and O–H groups in total. The topological polar surface area (TPSA) is 209 Å². The molecule has 34 heavy (non-hydrogen) atoms. The van der Waals surface area contributed by atoms with Crippen LogP contribution in [0.2, 0.25) is 5.02 Å². The zero-order chi connectivity index (χ0) is 25.8. The van der Waals surface area contributed by atoms with Crippen molar-refractivity contribution >= 4 is 52.6 Å².